The first-order valence-corrected chi connectivity index (χ1v) is 15.8. The van der Waals surface area contributed by atoms with E-state index >= 15 is 0 Å². The third-order valence-electron chi connectivity index (χ3n) is 7.29. The van der Waals surface area contributed by atoms with Crippen molar-refractivity contribution >= 4 is 43.5 Å². The van der Waals surface area contributed by atoms with Gasteiger partial charge >= 0.3 is 0 Å². The Kier molecular flexibility index (Phi) is 9.68. The van der Waals surface area contributed by atoms with Gasteiger partial charge < -0.3 is 10.2 Å². The van der Waals surface area contributed by atoms with E-state index in [-0.39, 0.29) is 23.4 Å². The summed E-state index contributed by atoms with van der Waals surface area (Å²) >= 11 is 3.42. The minimum Gasteiger partial charge on any atom is -0.352 e. The van der Waals surface area contributed by atoms with E-state index in [1.54, 1.807) is 55.5 Å². The minimum absolute atomic E-state index is 0.0862. The Morgan fingerprint density at radius 1 is 0.950 bits per heavy atom. The zero-order chi connectivity index (χ0) is 28.9. The Morgan fingerprint density at radius 2 is 1.62 bits per heavy atom. The average molecular weight is 627 g/mol. The molecule has 3 aromatic carbocycles. The van der Waals surface area contributed by atoms with Crippen LogP contribution in [0.2, 0.25) is 0 Å². The number of hydrogen-bond donors (Lipinski definition) is 1. The number of carbonyl (C=O) groups excluding carboxylic acids is 2. The van der Waals surface area contributed by atoms with Gasteiger partial charge in [-0.1, -0.05) is 82.4 Å². The summed E-state index contributed by atoms with van der Waals surface area (Å²) < 4.78 is 29.6. The van der Waals surface area contributed by atoms with Crippen LogP contribution in [0.4, 0.5) is 5.69 Å². The van der Waals surface area contributed by atoms with Gasteiger partial charge in [0.05, 0.1) is 10.6 Å². The molecule has 1 aliphatic carbocycles. The molecule has 1 N–H and O–H groups in total. The van der Waals surface area contributed by atoms with Gasteiger partial charge in [-0.05, 0) is 69.5 Å². The van der Waals surface area contributed by atoms with Crippen LogP contribution in [0.15, 0.2) is 82.2 Å². The quantitative estimate of drug-likeness (QED) is 0.311. The summed E-state index contributed by atoms with van der Waals surface area (Å²) in [6, 6.07) is 20.5. The van der Waals surface area contributed by atoms with Crippen LogP contribution in [0.25, 0.3) is 0 Å². The van der Waals surface area contributed by atoms with Crippen molar-refractivity contribution in [2.24, 2.45) is 0 Å². The monoisotopic (exact) mass is 625 g/mol. The molecule has 0 unspecified atom stereocenters. The van der Waals surface area contributed by atoms with E-state index in [9.17, 15) is 18.0 Å². The van der Waals surface area contributed by atoms with Gasteiger partial charge in [-0.3, -0.25) is 13.9 Å². The number of benzene rings is 3. The molecular formula is C31H36BrN3O4S. The second-order valence-corrected chi connectivity index (χ2v) is 13.3. The van der Waals surface area contributed by atoms with Gasteiger partial charge in [0.25, 0.3) is 10.0 Å². The molecule has 4 rings (SSSR count). The molecule has 0 aliphatic heterocycles. The van der Waals surface area contributed by atoms with Crippen LogP contribution >= 0.6 is 15.9 Å². The highest BCUT2D eigenvalue weighted by atomic mass is 79.9. The predicted molar refractivity (Wildman–Crippen MR) is 161 cm³/mol. The molecule has 40 heavy (non-hydrogen) atoms. The van der Waals surface area contributed by atoms with Gasteiger partial charge in [0.15, 0.2) is 0 Å². The fourth-order valence-electron chi connectivity index (χ4n) is 4.98. The molecule has 7 nitrogen and oxygen atoms in total. The molecule has 0 heterocycles. The van der Waals surface area contributed by atoms with Crippen molar-refractivity contribution in [3.05, 3.63) is 94.0 Å². The van der Waals surface area contributed by atoms with Crippen molar-refractivity contribution in [3.63, 3.8) is 0 Å². The van der Waals surface area contributed by atoms with Crippen molar-refractivity contribution in [1.29, 1.82) is 0 Å². The molecule has 1 atom stereocenters. The summed E-state index contributed by atoms with van der Waals surface area (Å²) in [6.07, 6.45) is 4.00. The lowest BCUT2D eigenvalue weighted by Crippen LogP contribution is -2.52. The fourth-order valence-corrected chi connectivity index (χ4v) is 6.77. The van der Waals surface area contributed by atoms with Crippen molar-refractivity contribution < 1.29 is 18.0 Å². The Labute approximate surface area is 245 Å². The fraction of sp³-hybridized carbons (Fsp3) is 0.355. The molecule has 3 aromatic rings. The predicted octanol–water partition coefficient (Wildman–Crippen LogP) is 5.74. The number of carbonyl (C=O) groups is 2. The minimum atomic E-state index is -4.10. The number of hydrogen-bond acceptors (Lipinski definition) is 4. The average Bonchev–Trinajstić information content (AvgIpc) is 3.43. The van der Waals surface area contributed by atoms with Gasteiger partial charge in [0, 0.05) is 17.1 Å². The number of aryl methyl sites for hydroxylation is 2. The number of rotatable bonds is 10. The van der Waals surface area contributed by atoms with E-state index < -0.39 is 28.5 Å². The third kappa shape index (κ3) is 7.31. The van der Waals surface area contributed by atoms with Crippen molar-refractivity contribution in [2.75, 3.05) is 10.8 Å². The first-order chi connectivity index (χ1) is 19.0. The summed E-state index contributed by atoms with van der Waals surface area (Å²) in [7, 11) is -4.10. The van der Waals surface area contributed by atoms with Crippen molar-refractivity contribution in [2.45, 2.75) is 70.0 Å². The molecule has 212 valence electrons. The Balaban J connectivity index is 1.69. The highest BCUT2D eigenvalue weighted by Crippen LogP contribution is 2.27. The number of nitrogens with zero attached hydrogens (tertiary/aromatic N) is 2. The highest BCUT2D eigenvalue weighted by molar-refractivity contribution is 9.10. The summed E-state index contributed by atoms with van der Waals surface area (Å²) in [6.45, 7) is 5.27. The molecule has 1 fully saturated rings. The molecule has 0 bridgehead atoms. The van der Waals surface area contributed by atoms with Crippen LogP contribution in [-0.2, 0) is 26.2 Å². The summed E-state index contributed by atoms with van der Waals surface area (Å²) in [4.78, 5) is 28.9. The molecule has 2 amide bonds. The van der Waals surface area contributed by atoms with E-state index in [0.717, 1.165) is 46.7 Å². The van der Waals surface area contributed by atoms with Crippen LogP contribution in [0, 0.1) is 13.8 Å². The van der Waals surface area contributed by atoms with Crippen LogP contribution in [0.1, 0.15) is 49.3 Å². The molecule has 0 spiro atoms. The smallest absolute Gasteiger partial charge is 0.264 e. The Morgan fingerprint density at radius 3 is 2.27 bits per heavy atom. The molecule has 0 aromatic heterocycles. The summed E-state index contributed by atoms with van der Waals surface area (Å²) in [5.41, 5.74) is 3.17. The van der Waals surface area contributed by atoms with E-state index in [1.165, 1.54) is 4.90 Å². The van der Waals surface area contributed by atoms with Crippen LogP contribution < -0.4 is 9.62 Å². The largest absolute Gasteiger partial charge is 0.352 e. The van der Waals surface area contributed by atoms with Crippen LogP contribution in [0.3, 0.4) is 0 Å². The van der Waals surface area contributed by atoms with E-state index in [4.69, 9.17) is 0 Å². The normalized spacial score (nSPS) is 14.5. The third-order valence-corrected chi connectivity index (χ3v) is 9.57. The molecular weight excluding hydrogens is 590 g/mol. The molecule has 1 saturated carbocycles. The molecule has 0 saturated heterocycles. The Bertz CT molecular complexity index is 1450. The maximum Gasteiger partial charge on any atom is 0.264 e. The molecule has 1 aliphatic rings. The maximum absolute atomic E-state index is 14.0. The van der Waals surface area contributed by atoms with Gasteiger partial charge in [0.1, 0.15) is 12.6 Å². The van der Waals surface area contributed by atoms with E-state index in [1.807, 2.05) is 38.1 Å². The second kappa shape index (κ2) is 13.0. The van der Waals surface area contributed by atoms with Crippen molar-refractivity contribution in [1.82, 2.24) is 10.2 Å². The van der Waals surface area contributed by atoms with Gasteiger partial charge in [-0.2, -0.15) is 0 Å². The highest BCUT2D eigenvalue weighted by Gasteiger charge is 2.33. The van der Waals surface area contributed by atoms with E-state index in [0.29, 0.717) is 10.2 Å². The van der Waals surface area contributed by atoms with E-state index in [2.05, 4.69) is 21.2 Å². The van der Waals surface area contributed by atoms with Gasteiger partial charge in [-0.25, -0.2) is 8.42 Å². The topological polar surface area (TPSA) is 86.8 Å². The molecule has 0 radical (unpaired) electrons. The number of anilines is 1. The lowest BCUT2D eigenvalue weighted by Gasteiger charge is -2.32. The lowest BCUT2D eigenvalue weighted by molar-refractivity contribution is -0.139. The van der Waals surface area contributed by atoms with Crippen molar-refractivity contribution in [3.8, 4) is 0 Å². The number of amides is 2. The molecule has 9 heteroatoms. The summed E-state index contributed by atoms with van der Waals surface area (Å²) in [5.74, 6) is -0.699. The van der Waals surface area contributed by atoms with Gasteiger partial charge in [-0.15, -0.1) is 0 Å². The lowest BCUT2D eigenvalue weighted by atomic mass is 10.1. The zero-order valence-corrected chi connectivity index (χ0v) is 25.5. The standard InChI is InChI=1S/C31H36BrN3O4S/c1-22-14-16-29(17-15-22)40(38,39)35(28-13-7-10-26(32)19-28)21-30(36)34(20-25-9-6-8-23(2)18-25)24(3)31(37)33-27-11-4-5-12-27/h6-10,13-19,24,27H,4-5,11-12,20-21H2,1-3H3,(H,33,37)/t24-/m0/s1. The SMILES string of the molecule is Cc1ccc(S(=O)(=O)N(CC(=O)N(Cc2cccc(C)c2)[C@@H](C)C(=O)NC2CCCC2)c2cccc(Br)c2)cc1. The maximum atomic E-state index is 14.0. The zero-order valence-electron chi connectivity index (χ0n) is 23.1. The van der Waals surface area contributed by atoms with Crippen LogP contribution in [-0.4, -0.2) is 43.8 Å². The number of nitrogens with one attached hydrogen (secondary N) is 1. The second-order valence-electron chi connectivity index (χ2n) is 10.5. The Hall–Kier alpha value is -3.17. The number of sulfonamides is 1. The first kappa shape index (κ1) is 29.8. The summed E-state index contributed by atoms with van der Waals surface area (Å²) in [5, 5.41) is 3.09. The van der Waals surface area contributed by atoms with Crippen LogP contribution in [0.5, 0.6) is 0 Å². The number of halogens is 1. The van der Waals surface area contributed by atoms with Gasteiger partial charge in [0.2, 0.25) is 11.8 Å². The first-order valence-electron chi connectivity index (χ1n) is 13.5.